The average molecular weight is 246 g/mol. The molecule has 17 heavy (non-hydrogen) atoms. The Labute approximate surface area is 107 Å². The molecule has 1 atom stereocenters. The first kappa shape index (κ1) is 12.1. The number of hydrogen-bond acceptors (Lipinski definition) is 3. The summed E-state index contributed by atoms with van der Waals surface area (Å²) >= 11 is 1.66. The Bertz CT molecular complexity index is 473. The van der Waals surface area contributed by atoms with Crippen molar-refractivity contribution in [1.29, 1.82) is 0 Å². The van der Waals surface area contributed by atoms with Gasteiger partial charge in [-0.1, -0.05) is 31.2 Å². The molecule has 2 nitrogen and oxygen atoms in total. The molecule has 3 heteroatoms. The number of aromatic nitrogens is 1. The molecular formula is C14H18N2S. The van der Waals surface area contributed by atoms with Gasteiger partial charge in [0.05, 0.1) is 11.7 Å². The number of aryl methyl sites for hydroxylation is 2. The molecule has 1 aromatic heterocycles. The van der Waals surface area contributed by atoms with Crippen molar-refractivity contribution in [3.05, 3.63) is 46.5 Å². The molecule has 90 valence electrons. The van der Waals surface area contributed by atoms with E-state index in [9.17, 15) is 0 Å². The van der Waals surface area contributed by atoms with Crippen LogP contribution in [0.2, 0.25) is 0 Å². The highest BCUT2D eigenvalue weighted by Gasteiger charge is 2.07. The fourth-order valence-corrected chi connectivity index (χ4v) is 2.51. The van der Waals surface area contributed by atoms with Crippen LogP contribution >= 0.6 is 11.3 Å². The Hall–Kier alpha value is -1.35. The largest absolute Gasteiger partial charge is 0.355 e. The highest BCUT2D eigenvalue weighted by atomic mass is 32.1. The fourth-order valence-electron chi connectivity index (χ4n) is 1.73. The van der Waals surface area contributed by atoms with Crippen LogP contribution in [0.15, 0.2) is 29.6 Å². The molecule has 0 bridgehead atoms. The Morgan fingerprint density at radius 1 is 1.29 bits per heavy atom. The van der Waals surface area contributed by atoms with Gasteiger partial charge in [0.2, 0.25) is 0 Å². The standard InChI is InChI=1S/C14H18N2S/c1-4-12-5-7-13(8-6-12)11(3)16-14-15-10(2)9-17-14/h5-9,11H,4H2,1-3H3,(H,15,16). The Morgan fingerprint density at radius 3 is 2.53 bits per heavy atom. The zero-order valence-electron chi connectivity index (χ0n) is 10.5. The van der Waals surface area contributed by atoms with Crippen LogP contribution in [0.1, 0.15) is 36.7 Å². The van der Waals surface area contributed by atoms with E-state index >= 15 is 0 Å². The van der Waals surface area contributed by atoms with Gasteiger partial charge in [-0.15, -0.1) is 11.3 Å². The lowest BCUT2D eigenvalue weighted by Gasteiger charge is -2.13. The lowest BCUT2D eigenvalue weighted by atomic mass is 10.1. The zero-order chi connectivity index (χ0) is 12.3. The van der Waals surface area contributed by atoms with Crippen molar-refractivity contribution >= 4 is 16.5 Å². The summed E-state index contributed by atoms with van der Waals surface area (Å²) in [6.07, 6.45) is 1.09. The van der Waals surface area contributed by atoms with Gasteiger partial charge in [0, 0.05) is 5.38 Å². The van der Waals surface area contributed by atoms with Crippen LogP contribution in [0.3, 0.4) is 0 Å². The SMILES string of the molecule is CCc1ccc(C(C)Nc2nc(C)cs2)cc1. The van der Waals surface area contributed by atoms with E-state index in [2.05, 4.69) is 53.8 Å². The summed E-state index contributed by atoms with van der Waals surface area (Å²) in [5.74, 6) is 0. The molecular weight excluding hydrogens is 228 g/mol. The first-order valence-corrected chi connectivity index (χ1v) is 6.84. The van der Waals surface area contributed by atoms with Crippen molar-refractivity contribution in [3.8, 4) is 0 Å². The smallest absolute Gasteiger partial charge is 0.183 e. The lowest BCUT2D eigenvalue weighted by Crippen LogP contribution is -2.06. The third-order valence-corrected chi connectivity index (χ3v) is 3.74. The minimum Gasteiger partial charge on any atom is -0.355 e. The number of benzene rings is 1. The Balaban J connectivity index is 2.06. The first-order valence-electron chi connectivity index (χ1n) is 5.96. The van der Waals surface area contributed by atoms with E-state index in [1.165, 1.54) is 11.1 Å². The van der Waals surface area contributed by atoms with Gasteiger partial charge in [0.25, 0.3) is 0 Å². The molecule has 1 N–H and O–H groups in total. The highest BCUT2D eigenvalue weighted by Crippen LogP contribution is 2.22. The predicted octanol–water partition coefficient (Wildman–Crippen LogP) is 4.19. The number of nitrogens with one attached hydrogen (secondary N) is 1. The number of anilines is 1. The van der Waals surface area contributed by atoms with Crippen LogP contribution < -0.4 is 5.32 Å². The molecule has 1 aromatic carbocycles. The van der Waals surface area contributed by atoms with Crippen LogP contribution in [0.4, 0.5) is 5.13 Å². The van der Waals surface area contributed by atoms with Crippen LogP contribution in [0.5, 0.6) is 0 Å². The minimum absolute atomic E-state index is 0.298. The molecule has 0 amide bonds. The van der Waals surface area contributed by atoms with Crippen molar-refractivity contribution in [2.24, 2.45) is 0 Å². The molecule has 2 rings (SSSR count). The number of thiazole rings is 1. The number of rotatable bonds is 4. The van der Waals surface area contributed by atoms with Gasteiger partial charge in [0.15, 0.2) is 5.13 Å². The lowest BCUT2D eigenvalue weighted by molar-refractivity contribution is 0.878. The van der Waals surface area contributed by atoms with E-state index in [4.69, 9.17) is 0 Å². The van der Waals surface area contributed by atoms with Gasteiger partial charge in [-0.05, 0) is 31.4 Å². The fraction of sp³-hybridized carbons (Fsp3) is 0.357. The van der Waals surface area contributed by atoms with Gasteiger partial charge < -0.3 is 5.32 Å². The van der Waals surface area contributed by atoms with Gasteiger partial charge >= 0.3 is 0 Å². The predicted molar refractivity (Wildman–Crippen MR) is 74.7 cm³/mol. The molecule has 0 radical (unpaired) electrons. The Morgan fingerprint density at radius 2 is 2.00 bits per heavy atom. The summed E-state index contributed by atoms with van der Waals surface area (Å²) in [5.41, 5.74) is 3.76. The van der Waals surface area contributed by atoms with Gasteiger partial charge in [-0.25, -0.2) is 4.98 Å². The molecule has 0 aliphatic rings. The molecule has 0 saturated heterocycles. The van der Waals surface area contributed by atoms with E-state index in [0.29, 0.717) is 6.04 Å². The van der Waals surface area contributed by atoms with Crippen molar-refractivity contribution < 1.29 is 0 Å². The first-order chi connectivity index (χ1) is 8.19. The molecule has 0 aliphatic carbocycles. The second kappa shape index (κ2) is 5.32. The summed E-state index contributed by atoms with van der Waals surface area (Å²) in [5, 5.41) is 6.48. The minimum atomic E-state index is 0.298. The van der Waals surface area contributed by atoms with Crippen LogP contribution in [0.25, 0.3) is 0 Å². The van der Waals surface area contributed by atoms with Crippen molar-refractivity contribution in [2.45, 2.75) is 33.2 Å². The van der Waals surface area contributed by atoms with E-state index in [-0.39, 0.29) is 0 Å². The van der Waals surface area contributed by atoms with E-state index in [1.807, 2.05) is 6.92 Å². The third-order valence-electron chi connectivity index (χ3n) is 2.85. The highest BCUT2D eigenvalue weighted by molar-refractivity contribution is 7.13. The van der Waals surface area contributed by atoms with Crippen molar-refractivity contribution in [2.75, 3.05) is 5.32 Å². The van der Waals surface area contributed by atoms with Gasteiger partial charge in [-0.3, -0.25) is 0 Å². The Kier molecular flexibility index (Phi) is 3.79. The summed E-state index contributed by atoms with van der Waals surface area (Å²) in [6.45, 7) is 6.36. The molecule has 1 unspecified atom stereocenters. The second-order valence-corrected chi connectivity index (χ2v) is 5.11. The topological polar surface area (TPSA) is 24.9 Å². The zero-order valence-corrected chi connectivity index (χ0v) is 11.3. The maximum atomic E-state index is 4.42. The summed E-state index contributed by atoms with van der Waals surface area (Å²) in [6, 6.07) is 9.07. The second-order valence-electron chi connectivity index (χ2n) is 4.26. The third kappa shape index (κ3) is 3.07. The maximum absolute atomic E-state index is 4.42. The van der Waals surface area contributed by atoms with Gasteiger partial charge in [0.1, 0.15) is 0 Å². The average Bonchev–Trinajstić information content (AvgIpc) is 2.75. The normalized spacial score (nSPS) is 12.4. The summed E-state index contributed by atoms with van der Waals surface area (Å²) in [4.78, 5) is 4.42. The molecule has 2 aromatic rings. The van der Waals surface area contributed by atoms with Crippen LogP contribution in [0, 0.1) is 6.92 Å². The summed E-state index contributed by atoms with van der Waals surface area (Å²) in [7, 11) is 0. The van der Waals surface area contributed by atoms with Gasteiger partial charge in [-0.2, -0.15) is 0 Å². The van der Waals surface area contributed by atoms with Crippen LogP contribution in [-0.2, 0) is 6.42 Å². The van der Waals surface area contributed by atoms with E-state index in [1.54, 1.807) is 11.3 Å². The molecule has 0 saturated carbocycles. The van der Waals surface area contributed by atoms with Crippen LogP contribution in [-0.4, -0.2) is 4.98 Å². The monoisotopic (exact) mass is 246 g/mol. The van der Waals surface area contributed by atoms with Crippen molar-refractivity contribution in [3.63, 3.8) is 0 Å². The molecule has 0 spiro atoms. The molecule has 0 aliphatic heterocycles. The van der Waals surface area contributed by atoms with E-state index < -0.39 is 0 Å². The van der Waals surface area contributed by atoms with E-state index in [0.717, 1.165) is 17.2 Å². The van der Waals surface area contributed by atoms with Crippen molar-refractivity contribution in [1.82, 2.24) is 4.98 Å². The maximum Gasteiger partial charge on any atom is 0.183 e. The summed E-state index contributed by atoms with van der Waals surface area (Å²) < 4.78 is 0. The number of nitrogens with zero attached hydrogens (tertiary/aromatic N) is 1. The molecule has 0 fully saturated rings. The number of hydrogen-bond donors (Lipinski definition) is 1. The molecule has 1 heterocycles. The quantitative estimate of drug-likeness (QED) is 0.875.